The van der Waals surface area contributed by atoms with Crippen molar-refractivity contribution >= 4 is 54.3 Å². The first-order valence-electron chi connectivity index (χ1n) is 18.7. The third-order valence-electron chi connectivity index (χ3n) is 10.9. The van der Waals surface area contributed by atoms with E-state index in [2.05, 4.69) is 205 Å². The van der Waals surface area contributed by atoms with Gasteiger partial charge in [-0.05, 0) is 97.4 Å². The van der Waals surface area contributed by atoms with Gasteiger partial charge in [-0.2, -0.15) is 0 Å². The SMILES string of the molecule is c1ccc(-c2ccc3c(c2)c2cc4ccccc4cc2n3-c2nc(-c3ccc4ccccc4c3)nc3cc(-c4ccccc4)c(-c4ccccc4)cc23)cc1. The second-order valence-corrected chi connectivity index (χ2v) is 14.2. The Morgan fingerprint density at radius 3 is 1.55 bits per heavy atom. The highest BCUT2D eigenvalue weighted by atomic mass is 15.1. The molecule has 0 saturated heterocycles. The van der Waals surface area contributed by atoms with Crippen molar-refractivity contribution in [2.24, 2.45) is 0 Å². The molecule has 3 nitrogen and oxygen atoms in total. The van der Waals surface area contributed by atoms with Gasteiger partial charge in [-0.15, -0.1) is 0 Å². The van der Waals surface area contributed by atoms with Crippen LogP contribution in [0.15, 0.2) is 200 Å². The first kappa shape index (κ1) is 31.2. The average molecular weight is 700 g/mol. The number of hydrogen-bond acceptors (Lipinski definition) is 2. The van der Waals surface area contributed by atoms with Gasteiger partial charge in [0.2, 0.25) is 0 Å². The van der Waals surface area contributed by atoms with Crippen LogP contribution in [0.2, 0.25) is 0 Å². The Hall–Kier alpha value is -7.36. The van der Waals surface area contributed by atoms with Gasteiger partial charge in [0.25, 0.3) is 0 Å². The number of aromatic nitrogens is 3. The van der Waals surface area contributed by atoms with Crippen LogP contribution < -0.4 is 0 Å². The van der Waals surface area contributed by atoms with Crippen molar-refractivity contribution in [1.29, 1.82) is 0 Å². The largest absolute Gasteiger partial charge is 0.293 e. The van der Waals surface area contributed by atoms with Gasteiger partial charge in [0.1, 0.15) is 5.82 Å². The monoisotopic (exact) mass is 699 g/mol. The Morgan fingerprint density at radius 2 is 0.855 bits per heavy atom. The van der Waals surface area contributed by atoms with Gasteiger partial charge in [-0.1, -0.05) is 158 Å². The topological polar surface area (TPSA) is 30.7 Å². The Morgan fingerprint density at radius 1 is 0.309 bits per heavy atom. The van der Waals surface area contributed by atoms with E-state index < -0.39 is 0 Å². The zero-order valence-electron chi connectivity index (χ0n) is 29.9. The summed E-state index contributed by atoms with van der Waals surface area (Å²) in [6.07, 6.45) is 0. The van der Waals surface area contributed by atoms with Crippen LogP contribution in [0.5, 0.6) is 0 Å². The zero-order valence-corrected chi connectivity index (χ0v) is 29.9. The first-order valence-corrected chi connectivity index (χ1v) is 18.7. The molecular weight excluding hydrogens is 667 g/mol. The zero-order chi connectivity index (χ0) is 36.3. The fraction of sp³-hybridized carbons (Fsp3) is 0. The lowest BCUT2D eigenvalue weighted by atomic mass is 9.92. The van der Waals surface area contributed by atoms with Gasteiger partial charge in [-0.3, -0.25) is 4.57 Å². The van der Waals surface area contributed by atoms with E-state index in [9.17, 15) is 0 Å². The van der Waals surface area contributed by atoms with E-state index in [1.807, 2.05) is 0 Å². The summed E-state index contributed by atoms with van der Waals surface area (Å²) >= 11 is 0. The highest BCUT2D eigenvalue weighted by Crippen LogP contribution is 2.42. The van der Waals surface area contributed by atoms with Gasteiger partial charge < -0.3 is 0 Å². The third kappa shape index (κ3) is 5.28. The molecule has 0 unspecified atom stereocenters. The van der Waals surface area contributed by atoms with Crippen LogP contribution in [0.4, 0.5) is 0 Å². The van der Waals surface area contributed by atoms with Crippen LogP contribution in [-0.2, 0) is 0 Å². The summed E-state index contributed by atoms with van der Waals surface area (Å²) in [5.74, 6) is 1.55. The second-order valence-electron chi connectivity index (χ2n) is 14.2. The van der Waals surface area contributed by atoms with Crippen molar-refractivity contribution in [3.05, 3.63) is 200 Å². The molecule has 2 aromatic heterocycles. The number of fused-ring (bicyclic) bond motifs is 6. The van der Waals surface area contributed by atoms with Crippen molar-refractivity contribution in [2.75, 3.05) is 0 Å². The first-order chi connectivity index (χ1) is 27.2. The minimum absolute atomic E-state index is 0.691. The molecule has 0 amide bonds. The summed E-state index contributed by atoms with van der Waals surface area (Å²) < 4.78 is 2.37. The Kier molecular flexibility index (Phi) is 7.17. The van der Waals surface area contributed by atoms with E-state index in [1.165, 1.54) is 38.1 Å². The van der Waals surface area contributed by atoms with Crippen LogP contribution in [-0.4, -0.2) is 14.5 Å². The predicted molar refractivity (Wildman–Crippen MR) is 231 cm³/mol. The van der Waals surface area contributed by atoms with Crippen LogP contribution >= 0.6 is 0 Å². The van der Waals surface area contributed by atoms with Crippen molar-refractivity contribution in [2.45, 2.75) is 0 Å². The lowest BCUT2D eigenvalue weighted by molar-refractivity contribution is 1.08. The molecule has 0 aliphatic heterocycles. The Balaban J connectivity index is 1.28. The van der Waals surface area contributed by atoms with E-state index in [-0.39, 0.29) is 0 Å². The van der Waals surface area contributed by atoms with E-state index in [0.717, 1.165) is 61.0 Å². The quantitative estimate of drug-likeness (QED) is 0.179. The van der Waals surface area contributed by atoms with Crippen LogP contribution in [0, 0.1) is 0 Å². The normalized spacial score (nSPS) is 11.6. The lowest BCUT2D eigenvalue weighted by Crippen LogP contribution is -2.03. The fourth-order valence-electron chi connectivity index (χ4n) is 8.24. The molecule has 55 heavy (non-hydrogen) atoms. The van der Waals surface area contributed by atoms with Gasteiger partial charge in [0, 0.05) is 21.7 Å². The Labute approximate surface area is 318 Å². The molecule has 2 heterocycles. The van der Waals surface area contributed by atoms with Crippen LogP contribution in [0.3, 0.4) is 0 Å². The highest BCUT2D eigenvalue weighted by molar-refractivity contribution is 6.15. The number of rotatable bonds is 5. The van der Waals surface area contributed by atoms with Crippen molar-refractivity contribution in [1.82, 2.24) is 14.5 Å². The van der Waals surface area contributed by atoms with Crippen molar-refractivity contribution in [3.63, 3.8) is 0 Å². The molecule has 0 fully saturated rings. The van der Waals surface area contributed by atoms with Crippen molar-refractivity contribution in [3.8, 4) is 50.6 Å². The van der Waals surface area contributed by atoms with Crippen molar-refractivity contribution < 1.29 is 0 Å². The summed E-state index contributed by atoms with van der Waals surface area (Å²) in [6, 6.07) is 71.7. The van der Waals surface area contributed by atoms with E-state index in [0.29, 0.717) is 5.82 Å². The smallest absolute Gasteiger partial charge is 0.162 e. The fourth-order valence-corrected chi connectivity index (χ4v) is 8.24. The maximum Gasteiger partial charge on any atom is 0.162 e. The second kappa shape index (κ2) is 12.6. The maximum absolute atomic E-state index is 5.57. The van der Waals surface area contributed by atoms with E-state index in [1.54, 1.807) is 0 Å². The minimum atomic E-state index is 0.691. The molecule has 0 spiro atoms. The van der Waals surface area contributed by atoms with Crippen LogP contribution in [0.1, 0.15) is 0 Å². The molecular formula is C52H33N3. The summed E-state index contributed by atoms with van der Waals surface area (Å²) in [7, 11) is 0. The van der Waals surface area contributed by atoms with E-state index >= 15 is 0 Å². The average Bonchev–Trinajstić information content (AvgIpc) is 3.57. The molecule has 0 atom stereocenters. The Bertz CT molecular complexity index is 3240. The summed E-state index contributed by atoms with van der Waals surface area (Å²) in [5, 5.41) is 8.11. The maximum atomic E-state index is 5.57. The standard InChI is InChI=1S/C52H33N3/c1-4-14-34(15-5-1)41-26-27-49-45(30-41)46-29-39-22-12-13-23-40(39)31-50(46)55(49)52-47-32-43(36-17-6-2-7-18-36)44(37-19-8-3-9-20-37)33-48(47)53-51(54-52)42-25-24-35-16-10-11-21-38(35)28-42/h1-33H. The third-order valence-corrected chi connectivity index (χ3v) is 10.9. The molecule has 3 heteroatoms. The van der Waals surface area contributed by atoms with Gasteiger partial charge in [0.05, 0.1) is 16.6 Å². The number of benzene rings is 9. The van der Waals surface area contributed by atoms with E-state index in [4.69, 9.17) is 9.97 Å². The molecule has 9 aromatic carbocycles. The molecule has 256 valence electrons. The number of nitrogens with zero attached hydrogens (tertiary/aromatic N) is 3. The van der Waals surface area contributed by atoms with Gasteiger partial charge in [0.15, 0.2) is 5.82 Å². The molecule has 11 aromatic rings. The molecule has 0 aliphatic carbocycles. The lowest BCUT2D eigenvalue weighted by Gasteiger charge is -2.17. The molecule has 11 rings (SSSR count). The highest BCUT2D eigenvalue weighted by Gasteiger charge is 2.21. The van der Waals surface area contributed by atoms with Gasteiger partial charge >= 0.3 is 0 Å². The molecule has 0 bridgehead atoms. The summed E-state index contributed by atoms with van der Waals surface area (Å²) in [6.45, 7) is 0. The summed E-state index contributed by atoms with van der Waals surface area (Å²) in [5.41, 5.74) is 11.0. The molecule has 0 radical (unpaired) electrons. The van der Waals surface area contributed by atoms with Crippen LogP contribution in [0.25, 0.3) is 105 Å². The molecule has 0 N–H and O–H groups in total. The summed E-state index contributed by atoms with van der Waals surface area (Å²) in [4.78, 5) is 11.0. The number of hydrogen-bond donors (Lipinski definition) is 0. The minimum Gasteiger partial charge on any atom is -0.293 e. The van der Waals surface area contributed by atoms with Gasteiger partial charge in [-0.25, -0.2) is 9.97 Å². The predicted octanol–water partition coefficient (Wildman–Crippen LogP) is 13.7. The molecule has 0 saturated carbocycles. The molecule has 0 aliphatic rings.